The van der Waals surface area contributed by atoms with Gasteiger partial charge < -0.3 is 5.32 Å². The zero-order chi connectivity index (χ0) is 14.1. The molecule has 0 aliphatic rings. The first kappa shape index (κ1) is 13.0. The van der Waals surface area contributed by atoms with Crippen molar-refractivity contribution in [3.05, 3.63) is 29.0 Å². The molecule has 0 bridgehead atoms. The fourth-order valence-electron chi connectivity index (χ4n) is 1.73. The third-order valence-corrected chi connectivity index (χ3v) is 3.76. The van der Waals surface area contributed by atoms with Crippen LogP contribution in [0.3, 0.4) is 0 Å². The van der Waals surface area contributed by atoms with Crippen molar-refractivity contribution in [2.75, 3.05) is 12.4 Å². The fraction of sp³-hybridized carbons (Fsp3) is 0.167. The second-order valence-corrected chi connectivity index (χ2v) is 5.75. The highest BCUT2D eigenvalue weighted by Gasteiger charge is 2.12. The quantitative estimate of drug-likeness (QED) is 0.805. The van der Waals surface area contributed by atoms with Crippen molar-refractivity contribution >= 4 is 28.8 Å². The summed E-state index contributed by atoms with van der Waals surface area (Å²) >= 11 is 7.27. The summed E-state index contributed by atoms with van der Waals surface area (Å²) in [6.07, 6.45) is 5.27. The number of hydrogen-bond acceptors (Lipinski definition) is 6. The van der Waals surface area contributed by atoms with Crippen molar-refractivity contribution < 1.29 is 0 Å². The van der Waals surface area contributed by atoms with Crippen molar-refractivity contribution in [1.29, 1.82) is 0 Å². The Kier molecular flexibility index (Phi) is 3.37. The molecule has 0 fully saturated rings. The molecule has 0 saturated heterocycles. The molecule has 102 valence electrons. The predicted octanol–water partition coefficient (Wildman–Crippen LogP) is 2.70. The second-order valence-electron chi connectivity index (χ2n) is 4.08. The molecule has 3 aromatic rings. The minimum atomic E-state index is 0.549. The SMILES string of the molecule is CNc1cc(-c2cnn(C)c2)nc(-c2ncc(Cl)s2)n1. The van der Waals surface area contributed by atoms with Gasteiger partial charge in [0.1, 0.15) is 10.2 Å². The van der Waals surface area contributed by atoms with Gasteiger partial charge in [0.15, 0.2) is 10.8 Å². The minimum Gasteiger partial charge on any atom is -0.373 e. The lowest BCUT2D eigenvalue weighted by Crippen LogP contribution is -1.98. The first-order valence-electron chi connectivity index (χ1n) is 5.83. The summed E-state index contributed by atoms with van der Waals surface area (Å²) < 4.78 is 2.34. The molecule has 0 aliphatic carbocycles. The number of hydrogen-bond donors (Lipinski definition) is 1. The van der Waals surface area contributed by atoms with Crippen molar-refractivity contribution in [3.8, 4) is 22.1 Å². The molecule has 0 unspecified atom stereocenters. The van der Waals surface area contributed by atoms with E-state index in [-0.39, 0.29) is 0 Å². The average Bonchev–Trinajstić information content (AvgIpc) is 3.07. The van der Waals surface area contributed by atoms with Crippen LogP contribution in [0.1, 0.15) is 0 Å². The predicted molar refractivity (Wildman–Crippen MR) is 79.9 cm³/mol. The summed E-state index contributed by atoms with van der Waals surface area (Å²) in [6.45, 7) is 0. The Morgan fingerprint density at radius 2 is 2.15 bits per heavy atom. The average molecular weight is 307 g/mol. The molecular weight excluding hydrogens is 296 g/mol. The van der Waals surface area contributed by atoms with Gasteiger partial charge in [-0.1, -0.05) is 22.9 Å². The number of aromatic nitrogens is 5. The summed E-state index contributed by atoms with van der Waals surface area (Å²) in [7, 11) is 3.68. The molecule has 0 spiro atoms. The van der Waals surface area contributed by atoms with Crippen LogP contribution in [0.5, 0.6) is 0 Å². The van der Waals surface area contributed by atoms with Crippen molar-refractivity contribution in [2.24, 2.45) is 7.05 Å². The standard InChI is InChI=1S/C12H11ClN6S/c1-14-10-3-8(7-4-16-19(2)6-7)17-11(18-10)12-15-5-9(13)20-12/h3-6H,1-2H3,(H,14,17,18). The van der Waals surface area contributed by atoms with Crippen molar-refractivity contribution in [3.63, 3.8) is 0 Å². The maximum absolute atomic E-state index is 5.92. The third-order valence-electron chi connectivity index (χ3n) is 2.65. The van der Waals surface area contributed by atoms with Gasteiger partial charge >= 0.3 is 0 Å². The smallest absolute Gasteiger partial charge is 0.191 e. The molecule has 1 N–H and O–H groups in total. The van der Waals surface area contributed by atoms with Crippen LogP contribution in [0.15, 0.2) is 24.7 Å². The Labute approximate surface area is 124 Å². The van der Waals surface area contributed by atoms with E-state index >= 15 is 0 Å². The van der Waals surface area contributed by atoms with Crippen LogP contribution >= 0.6 is 22.9 Å². The first-order chi connectivity index (χ1) is 9.65. The molecule has 0 amide bonds. The molecule has 3 aromatic heterocycles. The van der Waals surface area contributed by atoms with Gasteiger partial charge in [-0.3, -0.25) is 4.68 Å². The van der Waals surface area contributed by atoms with Crippen molar-refractivity contribution in [1.82, 2.24) is 24.7 Å². The highest BCUT2D eigenvalue weighted by atomic mass is 35.5. The molecule has 3 rings (SSSR count). The molecule has 0 aliphatic heterocycles. The van der Waals surface area contributed by atoms with Crippen LogP contribution < -0.4 is 5.32 Å². The lowest BCUT2D eigenvalue weighted by Gasteiger charge is -2.04. The van der Waals surface area contributed by atoms with E-state index in [1.807, 2.05) is 26.4 Å². The monoisotopic (exact) mass is 306 g/mol. The maximum Gasteiger partial charge on any atom is 0.191 e. The summed E-state index contributed by atoms with van der Waals surface area (Å²) in [5.74, 6) is 1.27. The largest absolute Gasteiger partial charge is 0.373 e. The number of thiazole rings is 1. The molecule has 20 heavy (non-hydrogen) atoms. The topological polar surface area (TPSA) is 68.5 Å². The lowest BCUT2D eigenvalue weighted by atomic mass is 10.2. The summed E-state index contributed by atoms with van der Waals surface area (Å²) in [5.41, 5.74) is 1.72. The molecular formula is C12H11ClN6S. The van der Waals surface area contributed by atoms with Crippen LogP contribution in [0.25, 0.3) is 22.1 Å². The fourth-order valence-corrected chi connectivity index (χ4v) is 2.58. The van der Waals surface area contributed by atoms with Gasteiger partial charge in [0.2, 0.25) is 0 Å². The zero-order valence-corrected chi connectivity index (χ0v) is 12.4. The summed E-state index contributed by atoms with van der Waals surface area (Å²) in [4.78, 5) is 13.2. The van der Waals surface area contributed by atoms with E-state index in [2.05, 4.69) is 25.4 Å². The van der Waals surface area contributed by atoms with Crippen LogP contribution in [0.4, 0.5) is 5.82 Å². The molecule has 0 radical (unpaired) electrons. The highest BCUT2D eigenvalue weighted by molar-refractivity contribution is 7.18. The molecule has 3 heterocycles. The normalized spacial score (nSPS) is 10.8. The van der Waals surface area contributed by atoms with E-state index in [0.29, 0.717) is 15.2 Å². The van der Waals surface area contributed by atoms with E-state index in [1.165, 1.54) is 11.3 Å². The number of halogens is 1. The summed E-state index contributed by atoms with van der Waals surface area (Å²) in [5, 5.41) is 7.88. The van der Waals surface area contributed by atoms with Gasteiger partial charge in [0, 0.05) is 31.9 Å². The molecule has 0 atom stereocenters. The van der Waals surface area contributed by atoms with Crippen LogP contribution in [0.2, 0.25) is 4.34 Å². The number of nitrogens with one attached hydrogen (secondary N) is 1. The minimum absolute atomic E-state index is 0.549. The van der Waals surface area contributed by atoms with Gasteiger partial charge in [0.25, 0.3) is 0 Å². The second kappa shape index (κ2) is 5.18. The van der Waals surface area contributed by atoms with Crippen LogP contribution in [-0.4, -0.2) is 31.8 Å². The third kappa shape index (κ3) is 2.50. The summed E-state index contributed by atoms with van der Waals surface area (Å²) in [6, 6.07) is 1.87. The Morgan fingerprint density at radius 1 is 1.30 bits per heavy atom. The van der Waals surface area contributed by atoms with Gasteiger partial charge in [-0.05, 0) is 0 Å². The maximum atomic E-state index is 5.92. The van der Waals surface area contributed by atoms with Gasteiger partial charge in [-0.15, -0.1) is 0 Å². The zero-order valence-electron chi connectivity index (χ0n) is 10.8. The Bertz CT molecular complexity index is 691. The Morgan fingerprint density at radius 3 is 2.75 bits per heavy atom. The first-order valence-corrected chi connectivity index (χ1v) is 7.02. The molecule has 8 heteroatoms. The number of aryl methyl sites for hydroxylation is 1. The van der Waals surface area contributed by atoms with E-state index in [1.54, 1.807) is 17.1 Å². The Hall–Kier alpha value is -1.99. The number of anilines is 1. The van der Waals surface area contributed by atoms with Gasteiger partial charge in [0.05, 0.1) is 18.1 Å². The van der Waals surface area contributed by atoms with Crippen LogP contribution in [-0.2, 0) is 7.05 Å². The van der Waals surface area contributed by atoms with E-state index in [9.17, 15) is 0 Å². The van der Waals surface area contributed by atoms with Gasteiger partial charge in [-0.2, -0.15) is 5.10 Å². The molecule has 0 saturated carbocycles. The van der Waals surface area contributed by atoms with E-state index in [4.69, 9.17) is 11.6 Å². The van der Waals surface area contributed by atoms with E-state index < -0.39 is 0 Å². The van der Waals surface area contributed by atoms with Crippen molar-refractivity contribution in [2.45, 2.75) is 0 Å². The molecule has 0 aromatic carbocycles. The Balaban J connectivity index is 2.12. The lowest BCUT2D eigenvalue weighted by molar-refractivity contribution is 0.768. The van der Waals surface area contributed by atoms with Gasteiger partial charge in [-0.25, -0.2) is 15.0 Å². The van der Waals surface area contributed by atoms with E-state index in [0.717, 1.165) is 17.1 Å². The van der Waals surface area contributed by atoms with Crippen LogP contribution in [0, 0.1) is 0 Å². The number of nitrogens with zero attached hydrogens (tertiary/aromatic N) is 5. The molecule has 6 nitrogen and oxygen atoms in total. The highest BCUT2D eigenvalue weighted by Crippen LogP contribution is 2.28. The number of rotatable bonds is 3.